The van der Waals surface area contributed by atoms with Crippen molar-refractivity contribution in [2.24, 2.45) is 0 Å². The summed E-state index contributed by atoms with van der Waals surface area (Å²) in [5.74, 6) is 0.471. The maximum atomic E-state index is 10.3. The van der Waals surface area contributed by atoms with Gasteiger partial charge < -0.3 is 20.1 Å². The average Bonchev–Trinajstić information content (AvgIpc) is 3.38. The summed E-state index contributed by atoms with van der Waals surface area (Å²) in [5, 5.41) is 38.9. The van der Waals surface area contributed by atoms with Crippen molar-refractivity contribution in [2.75, 3.05) is 6.61 Å². The molecule has 1 aliphatic heterocycles. The number of hydrogen-bond acceptors (Lipinski definition) is 8. The molecule has 3 aromatic heterocycles. The number of aromatic nitrogens is 6. The summed E-state index contributed by atoms with van der Waals surface area (Å²) in [6, 6.07) is 5.05. The molecule has 0 aliphatic carbocycles. The second-order valence-corrected chi connectivity index (χ2v) is 7.48. The highest BCUT2D eigenvalue weighted by Gasteiger charge is 2.44. The van der Waals surface area contributed by atoms with Gasteiger partial charge in [-0.05, 0) is 18.2 Å². The van der Waals surface area contributed by atoms with Crippen LogP contribution in [0, 0.1) is 0 Å². The Morgan fingerprint density at radius 3 is 2.59 bits per heavy atom. The summed E-state index contributed by atoms with van der Waals surface area (Å²) in [4.78, 5) is 8.74. The Hall–Kier alpha value is -2.34. The zero-order valence-corrected chi connectivity index (χ0v) is 16.1. The highest BCUT2D eigenvalue weighted by Crippen LogP contribution is 2.33. The lowest BCUT2D eigenvalue weighted by molar-refractivity contribution is -0.0511. The van der Waals surface area contributed by atoms with Crippen molar-refractivity contribution < 1.29 is 20.1 Å². The van der Waals surface area contributed by atoms with Crippen LogP contribution in [-0.4, -0.2) is 69.4 Å². The van der Waals surface area contributed by atoms with Crippen LogP contribution in [0.4, 0.5) is 0 Å². The van der Waals surface area contributed by atoms with Gasteiger partial charge in [0.15, 0.2) is 28.9 Å². The fourth-order valence-electron chi connectivity index (χ4n) is 3.47. The van der Waals surface area contributed by atoms with Crippen LogP contribution in [-0.2, 0) is 4.74 Å². The predicted molar refractivity (Wildman–Crippen MR) is 103 cm³/mol. The van der Waals surface area contributed by atoms with E-state index >= 15 is 0 Å². The molecule has 12 heteroatoms. The lowest BCUT2D eigenvalue weighted by Gasteiger charge is -2.16. The second kappa shape index (κ2) is 6.87. The molecule has 4 heterocycles. The van der Waals surface area contributed by atoms with Crippen molar-refractivity contribution in [1.82, 2.24) is 29.1 Å². The molecular formula is C17H14Cl2N6O4. The number of aliphatic hydroxyl groups excluding tert-OH is 3. The van der Waals surface area contributed by atoms with E-state index in [-0.39, 0.29) is 0 Å². The Bertz CT molecular complexity index is 1230. The van der Waals surface area contributed by atoms with Crippen molar-refractivity contribution >= 4 is 40.0 Å². The Morgan fingerprint density at radius 2 is 1.86 bits per heavy atom. The summed E-state index contributed by atoms with van der Waals surface area (Å²) in [6.45, 7) is -0.422. The second-order valence-electron chi connectivity index (χ2n) is 6.64. The molecule has 0 spiro atoms. The van der Waals surface area contributed by atoms with Crippen molar-refractivity contribution in [2.45, 2.75) is 24.5 Å². The van der Waals surface area contributed by atoms with Gasteiger partial charge in [-0.2, -0.15) is 0 Å². The van der Waals surface area contributed by atoms with Gasteiger partial charge in [0.25, 0.3) is 0 Å². The molecular weight excluding hydrogens is 423 g/mol. The first kappa shape index (κ1) is 18.7. The largest absolute Gasteiger partial charge is 0.394 e. The van der Waals surface area contributed by atoms with Gasteiger partial charge in [-0.3, -0.25) is 8.97 Å². The summed E-state index contributed by atoms with van der Waals surface area (Å²) in [7, 11) is 0. The molecule has 1 saturated heterocycles. The zero-order valence-electron chi connectivity index (χ0n) is 14.6. The molecule has 4 atom stereocenters. The minimum absolute atomic E-state index is 0.383. The van der Waals surface area contributed by atoms with Crippen LogP contribution in [0.1, 0.15) is 6.23 Å². The SMILES string of the molecule is OC[C@H]1O[C@@H](n2cnc3c2ncn2c(-c4ccc(Cl)cc4Cl)nnc32)[C@H](O)[C@@H]1O. The first-order valence-electron chi connectivity index (χ1n) is 8.63. The summed E-state index contributed by atoms with van der Waals surface area (Å²) >= 11 is 12.3. The normalized spacial score (nSPS) is 24.7. The molecule has 0 saturated carbocycles. The lowest BCUT2D eigenvalue weighted by atomic mass is 10.1. The number of imidazole rings is 1. The minimum atomic E-state index is -1.25. The molecule has 1 aromatic carbocycles. The molecule has 10 nitrogen and oxygen atoms in total. The lowest BCUT2D eigenvalue weighted by Crippen LogP contribution is -2.33. The van der Waals surface area contributed by atoms with E-state index in [0.29, 0.717) is 38.2 Å². The first-order chi connectivity index (χ1) is 14.0. The molecule has 4 aromatic rings. The average molecular weight is 437 g/mol. The van der Waals surface area contributed by atoms with Crippen LogP contribution < -0.4 is 0 Å². The molecule has 0 amide bonds. The summed E-state index contributed by atoms with van der Waals surface area (Å²) in [6.07, 6.45) is -1.38. The number of fused-ring (bicyclic) bond motifs is 3. The van der Waals surface area contributed by atoms with Gasteiger partial charge in [0, 0.05) is 10.6 Å². The van der Waals surface area contributed by atoms with Crippen molar-refractivity contribution in [3.63, 3.8) is 0 Å². The molecule has 3 N–H and O–H groups in total. The van der Waals surface area contributed by atoms with E-state index in [9.17, 15) is 15.3 Å². The quantitative estimate of drug-likeness (QED) is 0.434. The maximum absolute atomic E-state index is 10.3. The summed E-state index contributed by atoms with van der Waals surface area (Å²) < 4.78 is 8.69. The zero-order chi connectivity index (χ0) is 20.3. The molecule has 0 radical (unpaired) electrons. The molecule has 0 unspecified atom stereocenters. The van der Waals surface area contributed by atoms with E-state index in [1.54, 1.807) is 22.6 Å². The fourth-order valence-corrected chi connectivity index (χ4v) is 3.96. The molecule has 1 fully saturated rings. The smallest absolute Gasteiger partial charge is 0.192 e. The van der Waals surface area contributed by atoms with E-state index in [1.165, 1.54) is 17.2 Å². The van der Waals surface area contributed by atoms with E-state index in [2.05, 4.69) is 20.2 Å². The van der Waals surface area contributed by atoms with Gasteiger partial charge in [0.2, 0.25) is 0 Å². The van der Waals surface area contributed by atoms with Crippen molar-refractivity contribution in [1.29, 1.82) is 0 Å². The van der Waals surface area contributed by atoms with E-state index < -0.39 is 31.1 Å². The number of rotatable bonds is 3. The van der Waals surface area contributed by atoms with Crippen LogP contribution in [0.15, 0.2) is 30.9 Å². The summed E-state index contributed by atoms with van der Waals surface area (Å²) in [5.41, 5.74) is 1.87. The highest BCUT2D eigenvalue weighted by atomic mass is 35.5. The van der Waals surface area contributed by atoms with Crippen LogP contribution in [0.3, 0.4) is 0 Å². The number of aliphatic hydroxyl groups is 3. The van der Waals surface area contributed by atoms with Crippen molar-refractivity contribution in [3.8, 4) is 11.4 Å². The van der Waals surface area contributed by atoms with Crippen LogP contribution in [0.5, 0.6) is 0 Å². The molecule has 29 heavy (non-hydrogen) atoms. The monoisotopic (exact) mass is 436 g/mol. The van der Waals surface area contributed by atoms with Crippen LogP contribution in [0.2, 0.25) is 10.0 Å². The number of halogens is 2. The van der Waals surface area contributed by atoms with Gasteiger partial charge in [-0.25, -0.2) is 9.97 Å². The third kappa shape index (κ3) is 2.80. The molecule has 5 rings (SSSR count). The molecule has 150 valence electrons. The van der Waals surface area contributed by atoms with E-state index in [0.717, 1.165) is 0 Å². The van der Waals surface area contributed by atoms with Gasteiger partial charge >= 0.3 is 0 Å². The Kier molecular flexibility index (Phi) is 4.42. The van der Waals surface area contributed by atoms with E-state index in [1.807, 2.05) is 0 Å². The van der Waals surface area contributed by atoms with Gasteiger partial charge in [0.1, 0.15) is 24.6 Å². The first-order valence-corrected chi connectivity index (χ1v) is 9.39. The van der Waals surface area contributed by atoms with Gasteiger partial charge in [0.05, 0.1) is 18.0 Å². The predicted octanol–water partition coefficient (Wildman–Crippen LogP) is 1.06. The Morgan fingerprint density at radius 1 is 1.03 bits per heavy atom. The number of hydrogen-bond donors (Lipinski definition) is 3. The van der Waals surface area contributed by atoms with Gasteiger partial charge in [-0.1, -0.05) is 23.2 Å². The third-order valence-corrected chi connectivity index (χ3v) is 5.48. The standard InChI is InChI=1S/C17H14Cl2N6O4/c18-7-1-2-8(9(19)3-7)14-22-23-16-11-15(21-6-24(14)16)25(5-20-11)17-13(28)12(27)10(4-26)29-17/h1-3,5-6,10,12-13,17,26-28H,4H2/t10-,12-,13-,17-/m1/s1. The Labute approximate surface area is 172 Å². The van der Waals surface area contributed by atoms with Crippen LogP contribution in [0.25, 0.3) is 28.2 Å². The number of benzene rings is 1. The third-order valence-electron chi connectivity index (χ3n) is 4.93. The maximum Gasteiger partial charge on any atom is 0.192 e. The Balaban J connectivity index is 1.62. The van der Waals surface area contributed by atoms with Crippen molar-refractivity contribution in [3.05, 3.63) is 40.9 Å². The van der Waals surface area contributed by atoms with E-state index in [4.69, 9.17) is 27.9 Å². The molecule has 1 aliphatic rings. The topological polar surface area (TPSA) is 131 Å². The molecule has 0 bridgehead atoms. The number of nitrogens with zero attached hydrogens (tertiary/aromatic N) is 6. The number of ether oxygens (including phenoxy) is 1. The fraction of sp³-hybridized carbons (Fsp3) is 0.294. The minimum Gasteiger partial charge on any atom is -0.394 e. The van der Waals surface area contributed by atoms with Gasteiger partial charge in [-0.15, -0.1) is 10.2 Å². The highest BCUT2D eigenvalue weighted by molar-refractivity contribution is 6.36. The van der Waals surface area contributed by atoms with Crippen LogP contribution >= 0.6 is 23.2 Å².